The zero-order valence-electron chi connectivity index (χ0n) is 17.9. The van der Waals surface area contributed by atoms with E-state index >= 15 is 0 Å². The van der Waals surface area contributed by atoms with Crippen molar-refractivity contribution in [3.05, 3.63) is 59.2 Å². The largest absolute Gasteiger partial charge is 0.493 e. The minimum absolute atomic E-state index is 0.0769. The van der Waals surface area contributed by atoms with E-state index in [1.807, 2.05) is 12.1 Å². The summed E-state index contributed by atoms with van der Waals surface area (Å²) in [6.07, 6.45) is 2.91. The summed E-state index contributed by atoms with van der Waals surface area (Å²) in [5.74, 6) is 2.28. The van der Waals surface area contributed by atoms with Crippen LogP contribution in [0.15, 0.2) is 36.9 Å². The number of hydrogen-bond donors (Lipinski definition) is 1. The van der Waals surface area contributed by atoms with Gasteiger partial charge < -0.3 is 23.7 Å². The first kappa shape index (κ1) is 19.9. The fourth-order valence-electron chi connectivity index (χ4n) is 5.47. The first-order valence-electron chi connectivity index (χ1n) is 10.2. The highest BCUT2D eigenvalue weighted by Gasteiger charge is 2.67. The first-order valence-corrected chi connectivity index (χ1v) is 10.2. The summed E-state index contributed by atoms with van der Waals surface area (Å²) in [7, 11) is 4.77. The van der Waals surface area contributed by atoms with Crippen LogP contribution in [0.1, 0.15) is 33.5 Å². The van der Waals surface area contributed by atoms with Crippen molar-refractivity contribution in [2.45, 2.75) is 24.0 Å². The molecule has 0 unspecified atom stereocenters. The molecule has 0 aromatic heterocycles. The van der Waals surface area contributed by atoms with Crippen LogP contribution < -0.4 is 24.3 Å². The minimum Gasteiger partial charge on any atom is -0.493 e. The second kappa shape index (κ2) is 7.00. The lowest BCUT2D eigenvalue weighted by Gasteiger charge is -2.47. The van der Waals surface area contributed by atoms with Gasteiger partial charge in [-0.25, -0.2) is 0 Å². The lowest BCUT2D eigenvalue weighted by Crippen LogP contribution is -2.62. The molecule has 1 aliphatic carbocycles. The van der Waals surface area contributed by atoms with Gasteiger partial charge in [-0.3, -0.25) is 10.1 Å². The van der Waals surface area contributed by atoms with Crippen molar-refractivity contribution in [3.63, 3.8) is 0 Å². The van der Waals surface area contributed by atoms with Gasteiger partial charge in [0.25, 0.3) is 0 Å². The van der Waals surface area contributed by atoms with Crippen LogP contribution in [0.4, 0.5) is 0 Å². The summed E-state index contributed by atoms with van der Waals surface area (Å²) in [5.41, 5.74) is 0.796. The summed E-state index contributed by atoms with van der Waals surface area (Å²) < 4.78 is 28.8. The Morgan fingerprint density at radius 1 is 1.16 bits per heavy atom. The van der Waals surface area contributed by atoms with Gasteiger partial charge in [0.2, 0.25) is 6.79 Å². The lowest BCUT2D eigenvalue weighted by molar-refractivity contribution is -0.0751. The standard InChI is InChI=1S/C24H25NO6/c1-5-9-23(29-4)20-15(6-7-17(27-2)21(20)28-3)22(26)24(23)16-12-19-18(30-13-31-19)11-14(16)8-10-25-24/h5-7,11-12,25H,1,8-10,13H2,2-4H3/t23-,24+/m1/s1. The van der Waals surface area contributed by atoms with Crippen molar-refractivity contribution in [3.8, 4) is 23.0 Å². The molecule has 0 radical (unpaired) electrons. The molecular formula is C24H25NO6. The molecule has 0 amide bonds. The van der Waals surface area contributed by atoms with Crippen LogP contribution in [-0.2, 0) is 22.3 Å². The second-order valence-electron chi connectivity index (χ2n) is 7.87. The molecule has 1 N–H and O–H groups in total. The Hall–Kier alpha value is -3.03. The van der Waals surface area contributed by atoms with E-state index in [9.17, 15) is 4.79 Å². The number of rotatable bonds is 5. The van der Waals surface area contributed by atoms with E-state index in [0.29, 0.717) is 47.1 Å². The van der Waals surface area contributed by atoms with Gasteiger partial charge >= 0.3 is 0 Å². The Labute approximate surface area is 180 Å². The van der Waals surface area contributed by atoms with Gasteiger partial charge in [0.15, 0.2) is 28.8 Å². The maximum Gasteiger partial charge on any atom is 0.231 e. The second-order valence-corrected chi connectivity index (χ2v) is 7.87. The average Bonchev–Trinajstić information content (AvgIpc) is 3.33. The number of benzene rings is 2. The van der Waals surface area contributed by atoms with Crippen LogP contribution in [0, 0.1) is 0 Å². The number of Topliss-reactive ketones (excluding diaryl/α,β-unsaturated/α-hetero) is 1. The van der Waals surface area contributed by atoms with Crippen molar-refractivity contribution in [1.82, 2.24) is 5.32 Å². The molecule has 7 nitrogen and oxygen atoms in total. The normalized spacial score (nSPS) is 25.3. The maximum absolute atomic E-state index is 14.2. The SMILES string of the molecule is C=CC[C@@]1(OC)c2c(ccc(OC)c2OC)C(=O)[C@]12NCCc1cc3c(cc12)OCO3. The quantitative estimate of drug-likeness (QED) is 0.741. The molecule has 31 heavy (non-hydrogen) atoms. The maximum atomic E-state index is 14.2. The van der Waals surface area contributed by atoms with Gasteiger partial charge in [0.1, 0.15) is 11.1 Å². The number of methoxy groups -OCH3 is 3. The van der Waals surface area contributed by atoms with E-state index in [0.717, 1.165) is 17.5 Å². The van der Waals surface area contributed by atoms with Gasteiger partial charge in [0.05, 0.1) is 14.2 Å². The minimum atomic E-state index is -1.17. The molecule has 162 valence electrons. The lowest BCUT2D eigenvalue weighted by atomic mass is 9.68. The molecule has 2 aliphatic heterocycles. The smallest absolute Gasteiger partial charge is 0.231 e. The highest BCUT2D eigenvalue weighted by atomic mass is 16.7. The third-order valence-corrected chi connectivity index (χ3v) is 6.71. The molecule has 2 heterocycles. The predicted octanol–water partition coefficient (Wildman–Crippen LogP) is 3.09. The van der Waals surface area contributed by atoms with E-state index in [4.69, 9.17) is 23.7 Å². The van der Waals surface area contributed by atoms with Gasteiger partial charge in [-0.05, 0) is 41.8 Å². The topological polar surface area (TPSA) is 75.3 Å². The molecular weight excluding hydrogens is 398 g/mol. The van der Waals surface area contributed by atoms with Gasteiger partial charge in [-0.2, -0.15) is 0 Å². The summed E-state index contributed by atoms with van der Waals surface area (Å²) >= 11 is 0. The van der Waals surface area contributed by atoms with Crippen molar-refractivity contribution < 1.29 is 28.5 Å². The molecule has 0 saturated carbocycles. The number of nitrogens with one attached hydrogen (secondary N) is 1. The zero-order chi connectivity index (χ0) is 21.8. The predicted molar refractivity (Wildman–Crippen MR) is 113 cm³/mol. The number of carbonyl (C=O) groups is 1. The molecule has 7 heteroatoms. The fourth-order valence-corrected chi connectivity index (χ4v) is 5.47. The molecule has 0 saturated heterocycles. The number of carbonyl (C=O) groups excluding carboxylic acids is 1. The number of ether oxygens (including phenoxy) is 5. The van der Waals surface area contributed by atoms with Gasteiger partial charge in [-0.1, -0.05) is 6.08 Å². The zero-order valence-corrected chi connectivity index (χ0v) is 17.9. The summed E-state index contributed by atoms with van der Waals surface area (Å²) in [4.78, 5) is 14.2. The molecule has 0 fully saturated rings. The molecule has 1 spiro atoms. The number of fused-ring (bicyclic) bond motifs is 4. The summed E-state index contributed by atoms with van der Waals surface area (Å²) in [6.45, 7) is 4.74. The molecule has 2 aromatic rings. The van der Waals surface area contributed by atoms with Crippen molar-refractivity contribution in [1.29, 1.82) is 0 Å². The molecule has 5 rings (SSSR count). The van der Waals surface area contributed by atoms with E-state index in [2.05, 4.69) is 11.9 Å². The third kappa shape index (κ3) is 2.33. The summed E-state index contributed by atoms with van der Waals surface area (Å²) in [5, 5.41) is 3.54. The van der Waals surface area contributed by atoms with Crippen LogP contribution in [0.2, 0.25) is 0 Å². The van der Waals surface area contributed by atoms with Crippen molar-refractivity contribution in [2.24, 2.45) is 0 Å². The van der Waals surface area contributed by atoms with E-state index in [-0.39, 0.29) is 12.6 Å². The molecule has 2 aromatic carbocycles. The van der Waals surface area contributed by atoms with Crippen LogP contribution in [0.25, 0.3) is 0 Å². The number of ketones is 1. The third-order valence-electron chi connectivity index (χ3n) is 6.71. The van der Waals surface area contributed by atoms with E-state index < -0.39 is 11.1 Å². The van der Waals surface area contributed by atoms with Gasteiger partial charge in [-0.15, -0.1) is 6.58 Å². The summed E-state index contributed by atoms with van der Waals surface area (Å²) in [6, 6.07) is 7.43. The highest BCUT2D eigenvalue weighted by Crippen LogP contribution is 2.60. The van der Waals surface area contributed by atoms with Crippen LogP contribution in [-0.4, -0.2) is 40.5 Å². The van der Waals surface area contributed by atoms with Crippen molar-refractivity contribution in [2.75, 3.05) is 34.7 Å². The van der Waals surface area contributed by atoms with Gasteiger partial charge in [0, 0.05) is 31.2 Å². The Balaban J connectivity index is 1.87. The Bertz CT molecular complexity index is 1100. The first-order chi connectivity index (χ1) is 15.1. The number of hydrogen-bond acceptors (Lipinski definition) is 7. The highest BCUT2D eigenvalue weighted by molar-refractivity contribution is 6.11. The van der Waals surface area contributed by atoms with Crippen LogP contribution in [0.3, 0.4) is 0 Å². The van der Waals surface area contributed by atoms with E-state index in [1.165, 1.54) is 0 Å². The van der Waals surface area contributed by atoms with Crippen LogP contribution in [0.5, 0.6) is 23.0 Å². The Morgan fingerprint density at radius 3 is 2.61 bits per heavy atom. The Kier molecular flexibility index (Phi) is 4.50. The molecule has 3 aliphatic rings. The monoisotopic (exact) mass is 423 g/mol. The van der Waals surface area contributed by atoms with Crippen molar-refractivity contribution >= 4 is 5.78 Å². The fraction of sp³-hybridized carbons (Fsp3) is 0.375. The average molecular weight is 423 g/mol. The van der Waals surface area contributed by atoms with Crippen LogP contribution >= 0.6 is 0 Å². The Morgan fingerprint density at radius 2 is 1.94 bits per heavy atom. The van der Waals surface area contributed by atoms with E-state index in [1.54, 1.807) is 39.5 Å². The molecule has 0 bridgehead atoms. The molecule has 2 atom stereocenters.